The minimum absolute atomic E-state index is 0.0419. The average Bonchev–Trinajstić information content (AvgIpc) is 2.69. The van der Waals surface area contributed by atoms with Crippen LogP contribution >= 0.6 is 0 Å². The van der Waals surface area contributed by atoms with Crippen molar-refractivity contribution in [2.75, 3.05) is 19.7 Å². The highest BCUT2D eigenvalue weighted by Gasteiger charge is 2.24. The normalized spacial score (nSPS) is 14.6. The van der Waals surface area contributed by atoms with Gasteiger partial charge in [0.1, 0.15) is 5.75 Å². The van der Waals surface area contributed by atoms with Gasteiger partial charge in [0.05, 0.1) is 13.0 Å². The molecule has 0 unspecified atom stereocenters. The predicted molar refractivity (Wildman–Crippen MR) is 105 cm³/mol. The third-order valence-corrected chi connectivity index (χ3v) is 4.79. The van der Waals surface area contributed by atoms with Gasteiger partial charge in [-0.3, -0.25) is 9.59 Å². The van der Waals surface area contributed by atoms with Crippen molar-refractivity contribution < 1.29 is 14.3 Å². The van der Waals surface area contributed by atoms with Gasteiger partial charge in [-0.05, 0) is 44.0 Å². The zero-order chi connectivity index (χ0) is 19.1. The Labute approximate surface area is 160 Å². The maximum Gasteiger partial charge on any atom is 0.251 e. The van der Waals surface area contributed by atoms with E-state index in [9.17, 15) is 9.59 Å². The topological polar surface area (TPSA) is 58.6 Å². The fraction of sp³-hybridized carbons (Fsp3) is 0.364. The van der Waals surface area contributed by atoms with Gasteiger partial charge in [0.25, 0.3) is 5.91 Å². The molecule has 1 fully saturated rings. The Balaban J connectivity index is 1.39. The number of amides is 2. The van der Waals surface area contributed by atoms with Crippen molar-refractivity contribution in [1.29, 1.82) is 0 Å². The summed E-state index contributed by atoms with van der Waals surface area (Å²) in [6.07, 6.45) is 1.93. The molecule has 1 aliphatic rings. The quantitative estimate of drug-likeness (QED) is 0.854. The van der Waals surface area contributed by atoms with Crippen LogP contribution in [0.3, 0.4) is 0 Å². The maximum atomic E-state index is 12.3. The number of rotatable bonds is 6. The molecule has 2 aromatic carbocycles. The van der Waals surface area contributed by atoms with Crippen molar-refractivity contribution >= 4 is 11.8 Å². The summed E-state index contributed by atoms with van der Waals surface area (Å²) >= 11 is 0. The Bertz CT molecular complexity index is 768. The molecule has 142 valence electrons. The summed E-state index contributed by atoms with van der Waals surface area (Å²) in [6.45, 7) is 3.70. The molecule has 5 nitrogen and oxygen atoms in total. The molecular formula is C22H26N2O3. The second-order valence-corrected chi connectivity index (χ2v) is 6.91. The van der Waals surface area contributed by atoms with E-state index >= 15 is 0 Å². The molecular weight excluding hydrogens is 340 g/mol. The number of nitrogens with one attached hydrogen (secondary N) is 1. The summed E-state index contributed by atoms with van der Waals surface area (Å²) in [5, 5.41) is 3.08. The smallest absolute Gasteiger partial charge is 0.251 e. The van der Waals surface area contributed by atoms with Gasteiger partial charge in [0.15, 0.2) is 0 Å². The first-order valence-corrected chi connectivity index (χ1v) is 9.45. The predicted octanol–water partition coefficient (Wildman–Crippen LogP) is 3.18. The molecule has 27 heavy (non-hydrogen) atoms. The molecule has 1 saturated heterocycles. The van der Waals surface area contributed by atoms with Crippen molar-refractivity contribution in [2.45, 2.75) is 32.2 Å². The second kappa shape index (κ2) is 9.21. The lowest BCUT2D eigenvalue weighted by atomic mass is 10.0. The molecule has 0 spiro atoms. The number of nitrogens with zero attached hydrogens (tertiary/aromatic N) is 1. The summed E-state index contributed by atoms with van der Waals surface area (Å²) in [7, 11) is 0. The van der Waals surface area contributed by atoms with Crippen LogP contribution in [-0.4, -0.2) is 42.5 Å². The van der Waals surface area contributed by atoms with Crippen LogP contribution in [0.5, 0.6) is 5.75 Å². The molecule has 0 atom stereocenters. The molecule has 2 aromatic rings. The molecule has 3 rings (SSSR count). The minimum atomic E-state index is -0.0419. The first kappa shape index (κ1) is 19.0. The number of carbonyl (C=O) groups is 2. The molecule has 0 aromatic heterocycles. The number of ether oxygens (including phenoxy) is 1. The molecule has 0 radical (unpaired) electrons. The molecule has 1 heterocycles. The van der Waals surface area contributed by atoms with Crippen molar-refractivity contribution in [1.82, 2.24) is 10.2 Å². The highest BCUT2D eigenvalue weighted by Crippen LogP contribution is 2.14. The molecule has 0 bridgehead atoms. The lowest BCUT2D eigenvalue weighted by molar-refractivity contribution is -0.132. The summed E-state index contributed by atoms with van der Waals surface area (Å²) in [5.41, 5.74) is 1.76. The number of carbonyl (C=O) groups excluding carboxylic acids is 2. The number of aryl methyl sites for hydroxylation is 1. The fourth-order valence-electron chi connectivity index (χ4n) is 3.26. The van der Waals surface area contributed by atoms with Crippen molar-refractivity contribution in [3.8, 4) is 5.75 Å². The summed E-state index contributed by atoms with van der Waals surface area (Å²) < 4.78 is 5.60. The van der Waals surface area contributed by atoms with E-state index in [2.05, 4.69) is 5.32 Å². The van der Waals surface area contributed by atoms with E-state index in [4.69, 9.17) is 4.74 Å². The van der Waals surface area contributed by atoms with Gasteiger partial charge in [-0.15, -0.1) is 0 Å². The van der Waals surface area contributed by atoms with Crippen LogP contribution in [-0.2, 0) is 4.79 Å². The van der Waals surface area contributed by atoms with Gasteiger partial charge in [0, 0.05) is 24.7 Å². The van der Waals surface area contributed by atoms with E-state index in [0.29, 0.717) is 31.7 Å². The van der Waals surface area contributed by atoms with Gasteiger partial charge in [-0.25, -0.2) is 0 Å². The second-order valence-electron chi connectivity index (χ2n) is 6.91. The van der Waals surface area contributed by atoms with Gasteiger partial charge in [-0.1, -0.05) is 35.9 Å². The van der Waals surface area contributed by atoms with Crippen LogP contribution in [0, 0.1) is 6.92 Å². The first-order chi connectivity index (χ1) is 13.1. The molecule has 2 amide bonds. The van der Waals surface area contributed by atoms with Crippen LogP contribution in [0.15, 0.2) is 54.6 Å². The van der Waals surface area contributed by atoms with E-state index in [1.807, 2.05) is 66.4 Å². The van der Waals surface area contributed by atoms with Crippen molar-refractivity contribution in [2.24, 2.45) is 0 Å². The zero-order valence-corrected chi connectivity index (χ0v) is 15.7. The molecule has 5 heteroatoms. The van der Waals surface area contributed by atoms with E-state index in [0.717, 1.165) is 24.2 Å². The van der Waals surface area contributed by atoms with E-state index in [-0.39, 0.29) is 17.9 Å². The fourth-order valence-corrected chi connectivity index (χ4v) is 3.26. The Hall–Kier alpha value is -2.82. The number of benzene rings is 2. The molecule has 0 saturated carbocycles. The van der Waals surface area contributed by atoms with Crippen molar-refractivity contribution in [3.63, 3.8) is 0 Å². The number of para-hydroxylation sites is 1. The average molecular weight is 366 g/mol. The van der Waals surface area contributed by atoms with Gasteiger partial charge >= 0.3 is 0 Å². The molecule has 1 aliphatic heterocycles. The number of piperidine rings is 1. The SMILES string of the molecule is Cc1cccc(C(=O)NC2CCN(C(=O)CCOc3ccccc3)CC2)c1. The van der Waals surface area contributed by atoms with Crippen LogP contribution in [0.25, 0.3) is 0 Å². The monoisotopic (exact) mass is 366 g/mol. The Morgan fingerprint density at radius 3 is 2.52 bits per heavy atom. The first-order valence-electron chi connectivity index (χ1n) is 9.45. The Morgan fingerprint density at radius 2 is 1.81 bits per heavy atom. The Kier molecular flexibility index (Phi) is 6.47. The summed E-state index contributed by atoms with van der Waals surface area (Å²) in [6, 6.07) is 17.2. The van der Waals surface area contributed by atoms with Crippen LogP contribution in [0.2, 0.25) is 0 Å². The van der Waals surface area contributed by atoms with E-state index in [1.165, 1.54) is 0 Å². The van der Waals surface area contributed by atoms with E-state index in [1.54, 1.807) is 0 Å². The highest BCUT2D eigenvalue weighted by molar-refractivity contribution is 5.94. The highest BCUT2D eigenvalue weighted by atomic mass is 16.5. The lowest BCUT2D eigenvalue weighted by Crippen LogP contribution is -2.46. The van der Waals surface area contributed by atoms with Crippen LogP contribution < -0.4 is 10.1 Å². The maximum absolute atomic E-state index is 12.3. The van der Waals surface area contributed by atoms with E-state index < -0.39 is 0 Å². The number of hydrogen-bond acceptors (Lipinski definition) is 3. The Morgan fingerprint density at radius 1 is 1.07 bits per heavy atom. The standard InChI is InChI=1S/C22H26N2O3/c1-17-6-5-7-18(16-17)22(26)23-19-10-13-24(14-11-19)21(25)12-15-27-20-8-3-2-4-9-20/h2-9,16,19H,10-15H2,1H3,(H,23,26). The third-order valence-electron chi connectivity index (χ3n) is 4.79. The third kappa shape index (κ3) is 5.58. The lowest BCUT2D eigenvalue weighted by Gasteiger charge is -2.32. The minimum Gasteiger partial charge on any atom is -0.493 e. The van der Waals surface area contributed by atoms with Crippen LogP contribution in [0.1, 0.15) is 35.2 Å². The van der Waals surface area contributed by atoms with Gasteiger partial charge in [-0.2, -0.15) is 0 Å². The number of likely N-dealkylation sites (tertiary alicyclic amines) is 1. The molecule has 1 N–H and O–H groups in total. The largest absolute Gasteiger partial charge is 0.493 e. The van der Waals surface area contributed by atoms with Gasteiger partial charge in [0.2, 0.25) is 5.91 Å². The number of hydrogen-bond donors (Lipinski definition) is 1. The van der Waals surface area contributed by atoms with Gasteiger partial charge < -0.3 is 15.0 Å². The summed E-state index contributed by atoms with van der Waals surface area (Å²) in [4.78, 5) is 26.5. The van der Waals surface area contributed by atoms with Crippen molar-refractivity contribution in [3.05, 3.63) is 65.7 Å². The molecule has 0 aliphatic carbocycles. The zero-order valence-electron chi connectivity index (χ0n) is 15.7. The summed E-state index contributed by atoms with van der Waals surface area (Å²) in [5.74, 6) is 0.844. The van der Waals surface area contributed by atoms with Crippen LogP contribution in [0.4, 0.5) is 0 Å².